The molecule has 1 amide bonds. The number of aliphatic carboxylic acids is 1. The van der Waals surface area contributed by atoms with Crippen molar-refractivity contribution >= 4 is 22.8 Å². The smallest absolute Gasteiger partial charge is 0.326 e. The highest BCUT2D eigenvalue weighted by molar-refractivity contribution is 5.90. The first-order valence-corrected chi connectivity index (χ1v) is 18.8. The number of carboxylic acid groups (broad SMARTS) is 1. The van der Waals surface area contributed by atoms with E-state index in [1.807, 2.05) is 37.4 Å². The highest BCUT2D eigenvalue weighted by atomic mass is 16.4. The van der Waals surface area contributed by atoms with Gasteiger partial charge in [-0.3, -0.25) is 4.79 Å². The first-order chi connectivity index (χ1) is 23.1. The molecule has 2 aromatic rings. The summed E-state index contributed by atoms with van der Waals surface area (Å²) in [6.45, 7) is 13.6. The minimum atomic E-state index is -1.03. The topological polar surface area (TPSA) is 143 Å². The number of allylic oxidation sites excluding steroid dienone is 2. The molecule has 0 saturated heterocycles. The molecule has 49 heavy (non-hydrogen) atoms. The molecular formula is C41H58N2O6. The number of hydrogen-bond donors (Lipinski definition) is 6. The van der Waals surface area contributed by atoms with Crippen molar-refractivity contribution in [1.29, 1.82) is 0 Å². The summed E-state index contributed by atoms with van der Waals surface area (Å²) >= 11 is 0. The number of aliphatic hydroxyl groups is 3. The van der Waals surface area contributed by atoms with Gasteiger partial charge in [0.1, 0.15) is 6.04 Å². The molecule has 4 unspecified atom stereocenters. The number of benzene rings is 1. The van der Waals surface area contributed by atoms with E-state index in [2.05, 4.69) is 51.0 Å². The van der Waals surface area contributed by atoms with Gasteiger partial charge in [0.15, 0.2) is 0 Å². The van der Waals surface area contributed by atoms with Crippen molar-refractivity contribution in [3.63, 3.8) is 0 Å². The average Bonchev–Trinajstić information content (AvgIpc) is 3.47. The Morgan fingerprint density at radius 3 is 2.45 bits per heavy atom. The summed E-state index contributed by atoms with van der Waals surface area (Å²) in [5, 5.41) is 47.4. The van der Waals surface area contributed by atoms with Crippen molar-refractivity contribution in [2.45, 2.75) is 118 Å². The number of aromatic nitrogens is 1. The summed E-state index contributed by atoms with van der Waals surface area (Å²) in [4.78, 5) is 30.7. The van der Waals surface area contributed by atoms with E-state index in [9.17, 15) is 30.0 Å². The third-order valence-electron chi connectivity index (χ3n) is 16.2. The van der Waals surface area contributed by atoms with E-state index < -0.39 is 35.0 Å². The molecule has 7 rings (SSSR count). The lowest BCUT2D eigenvalue weighted by molar-refractivity contribution is -0.243. The molecule has 0 spiro atoms. The summed E-state index contributed by atoms with van der Waals surface area (Å²) < 4.78 is 0. The van der Waals surface area contributed by atoms with Crippen molar-refractivity contribution in [2.24, 2.45) is 56.7 Å². The number of hydrogen-bond acceptors (Lipinski definition) is 5. The molecule has 4 fully saturated rings. The van der Waals surface area contributed by atoms with Gasteiger partial charge in [0.2, 0.25) is 5.91 Å². The highest BCUT2D eigenvalue weighted by Gasteiger charge is 2.70. The van der Waals surface area contributed by atoms with Crippen molar-refractivity contribution in [3.05, 3.63) is 47.7 Å². The number of aromatic amines is 1. The van der Waals surface area contributed by atoms with Gasteiger partial charge in [0.05, 0.1) is 24.2 Å². The van der Waals surface area contributed by atoms with Gasteiger partial charge in [-0.05, 0) is 109 Å². The molecular weight excluding hydrogens is 616 g/mol. The maximum atomic E-state index is 14.8. The molecule has 1 aromatic carbocycles. The van der Waals surface area contributed by atoms with Crippen LogP contribution in [0.4, 0.5) is 0 Å². The Labute approximate surface area is 291 Å². The van der Waals surface area contributed by atoms with Gasteiger partial charge in [-0.15, -0.1) is 0 Å². The maximum absolute atomic E-state index is 14.8. The Morgan fingerprint density at radius 2 is 1.73 bits per heavy atom. The predicted octanol–water partition coefficient (Wildman–Crippen LogP) is 6.24. The van der Waals surface area contributed by atoms with Gasteiger partial charge in [0, 0.05) is 28.9 Å². The van der Waals surface area contributed by atoms with E-state index >= 15 is 0 Å². The maximum Gasteiger partial charge on any atom is 0.326 e. The van der Waals surface area contributed by atoms with Gasteiger partial charge >= 0.3 is 5.97 Å². The number of carbonyl (C=O) groups excluding carboxylic acids is 1. The van der Waals surface area contributed by atoms with E-state index in [1.165, 1.54) is 5.57 Å². The number of carboxylic acids is 1. The summed E-state index contributed by atoms with van der Waals surface area (Å²) in [6, 6.07) is 6.82. The second-order valence-corrected chi connectivity index (χ2v) is 18.1. The van der Waals surface area contributed by atoms with E-state index in [0.29, 0.717) is 18.8 Å². The molecule has 1 heterocycles. The Kier molecular flexibility index (Phi) is 8.28. The fraction of sp³-hybridized carbons (Fsp3) is 0.707. The molecule has 1 aromatic heterocycles. The molecule has 5 aliphatic rings. The van der Waals surface area contributed by atoms with Crippen LogP contribution in [0.2, 0.25) is 0 Å². The van der Waals surface area contributed by atoms with Gasteiger partial charge in [-0.2, -0.15) is 0 Å². The fourth-order valence-electron chi connectivity index (χ4n) is 13.0. The number of nitrogens with one attached hydrogen (secondary N) is 2. The summed E-state index contributed by atoms with van der Waals surface area (Å²) in [6.07, 6.45) is 9.15. The third kappa shape index (κ3) is 4.71. The summed E-state index contributed by atoms with van der Waals surface area (Å²) in [7, 11) is 0. The second kappa shape index (κ2) is 11.7. The number of aliphatic hydroxyl groups excluding tert-OH is 3. The second-order valence-electron chi connectivity index (χ2n) is 18.1. The normalized spacial score (nSPS) is 45.2. The van der Waals surface area contributed by atoms with E-state index in [1.54, 1.807) is 0 Å². The van der Waals surface area contributed by atoms with E-state index in [0.717, 1.165) is 55.0 Å². The first kappa shape index (κ1) is 34.8. The van der Waals surface area contributed by atoms with Crippen molar-refractivity contribution < 1.29 is 30.0 Å². The Morgan fingerprint density at radius 1 is 1.00 bits per heavy atom. The monoisotopic (exact) mass is 674 g/mol. The van der Waals surface area contributed by atoms with Crippen molar-refractivity contribution in [2.75, 3.05) is 6.61 Å². The predicted molar refractivity (Wildman–Crippen MR) is 189 cm³/mol. The van der Waals surface area contributed by atoms with Gasteiger partial charge in [0.25, 0.3) is 0 Å². The van der Waals surface area contributed by atoms with Crippen LogP contribution < -0.4 is 5.32 Å². The fourth-order valence-corrected chi connectivity index (χ4v) is 13.0. The average molecular weight is 675 g/mol. The van der Waals surface area contributed by atoms with Gasteiger partial charge in [-0.1, -0.05) is 71.4 Å². The lowest BCUT2D eigenvalue weighted by atomic mass is 9.33. The Bertz CT molecular complexity index is 1670. The van der Waals surface area contributed by atoms with Crippen LogP contribution in [-0.2, 0) is 16.0 Å². The zero-order valence-corrected chi connectivity index (χ0v) is 30.3. The first-order valence-electron chi connectivity index (χ1n) is 18.8. The van der Waals surface area contributed by atoms with Gasteiger partial charge < -0.3 is 30.7 Å². The minimum Gasteiger partial charge on any atom is -0.480 e. The zero-order valence-electron chi connectivity index (χ0n) is 30.3. The Balaban J connectivity index is 1.24. The Hall–Kier alpha value is -2.68. The quantitative estimate of drug-likeness (QED) is 0.200. The van der Waals surface area contributed by atoms with Crippen LogP contribution in [-0.4, -0.2) is 62.1 Å². The molecule has 0 bridgehead atoms. The molecule has 268 valence electrons. The molecule has 0 aliphatic heterocycles. The van der Waals surface area contributed by atoms with Gasteiger partial charge in [-0.25, -0.2) is 4.79 Å². The zero-order chi connectivity index (χ0) is 35.3. The number of fused-ring (bicyclic) bond motifs is 8. The standard InChI is InChI=1S/C41H58N2O6/c1-23-13-16-41(36(49)43-29(35(47)48)19-25-21-42-28-10-8-7-9-26(25)28)18-17-39(5)27(33(41)24(23)2)11-12-32-37(3)20-30(45)34(46)38(4,22-44)31(37)14-15-40(32,39)6/h7-11,21,23-24,29-34,42,44-46H,12-20,22H2,1-6H3,(H,43,49)(H,47,48)/t23-,24+,29?,30-,31?,32?,33?,34+,37+,38+,39-,40-,41+/m1/s1. The molecule has 4 saturated carbocycles. The third-order valence-corrected chi connectivity index (χ3v) is 16.2. The van der Waals surface area contributed by atoms with Crippen molar-refractivity contribution in [1.82, 2.24) is 10.3 Å². The van der Waals surface area contributed by atoms with Crippen LogP contribution in [0.1, 0.15) is 98.5 Å². The minimum absolute atomic E-state index is 0.0160. The number of H-pyrrole nitrogens is 1. The van der Waals surface area contributed by atoms with Crippen LogP contribution in [0.15, 0.2) is 42.1 Å². The van der Waals surface area contributed by atoms with Crippen LogP contribution in [0, 0.1) is 56.7 Å². The van der Waals surface area contributed by atoms with Crippen LogP contribution in [0.5, 0.6) is 0 Å². The number of rotatable bonds is 6. The number of carbonyl (C=O) groups is 2. The molecule has 8 heteroatoms. The molecule has 5 aliphatic carbocycles. The van der Waals surface area contributed by atoms with Crippen LogP contribution in [0.25, 0.3) is 10.9 Å². The van der Waals surface area contributed by atoms with Crippen LogP contribution in [0.3, 0.4) is 0 Å². The van der Waals surface area contributed by atoms with Crippen molar-refractivity contribution in [3.8, 4) is 0 Å². The largest absolute Gasteiger partial charge is 0.480 e. The lowest BCUT2D eigenvalue weighted by Crippen LogP contribution is -2.68. The highest BCUT2D eigenvalue weighted by Crippen LogP contribution is 2.75. The molecule has 13 atom stereocenters. The van der Waals surface area contributed by atoms with E-state index in [4.69, 9.17) is 0 Å². The number of para-hydroxylation sites is 1. The molecule has 0 radical (unpaired) electrons. The summed E-state index contributed by atoms with van der Waals surface area (Å²) in [5.74, 6) is -0.0671. The molecule has 8 nitrogen and oxygen atoms in total. The summed E-state index contributed by atoms with van der Waals surface area (Å²) in [5.41, 5.74) is 1.26. The van der Waals surface area contributed by atoms with Crippen LogP contribution >= 0.6 is 0 Å². The number of amides is 1. The van der Waals surface area contributed by atoms with E-state index in [-0.39, 0.29) is 58.9 Å². The molecule has 6 N–H and O–H groups in total. The SMILES string of the molecule is C[C@@H]1CC[C@]2(C(=O)NC(Cc3c[nH]c4ccccc34)C(=O)O)CC[C@]3(C)C(=CCC4[C@@]5(C)C[C@@H](O)[C@H](O)[C@@](C)(CO)C5CC[C@]43C)C2[C@H]1C. The lowest BCUT2D eigenvalue weighted by Gasteiger charge is -2.71.